The highest BCUT2D eigenvalue weighted by molar-refractivity contribution is 5.34. The van der Waals surface area contributed by atoms with Gasteiger partial charge in [-0.1, -0.05) is 75.8 Å². The molecule has 0 bridgehead atoms. The largest absolute Gasteiger partial charge is 0.573 e. The Kier molecular flexibility index (Phi) is 9.01. The molecule has 0 saturated heterocycles. The van der Waals surface area contributed by atoms with Gasteiger partial charge < -0.3 is 4.74 Å². The molecule has 0 aromatic heterocycles. The average molecular weight is 451 g/mol. The number of unbranched alkanes of at least 4 members (excludes halogenated alkanes) is 4. The van der Waals surface area contributed by atoms with Crippen molar-refractivity contribution in [1.82, 2.24) is 0 Å². The van der Waals surface area contributed by atoms with Crippen LogP contribution in [0.2, 0.25) is 0 Å². The molecule has 2 aromatic rings. The lowest BCUT2D eigenvalue weighted by molar-refractivity contribution is -0.275. The molecule has 176 valence electrons. The van der Waals surface area contributed by atoms with E-state index >= 15 is 0 Å². The predicted molar refractivity (Wildman–Crippen MR) is 120 cm³/mol. The van der Waals surface area contributed by atoms with E-state index in [0.717, 1.165) is 23.6 Å². The average Bonchev–Trinajstić information content (AvgIpc) is 2.76. The van der Waals surface area contributed by atoms with Crippen molar-refractivity contribution < 1.29 is 22.3 Å². The third kappa shape index (κ3) is 7.83. The summed E-state index contributed by atoms with van der Waals surface area (Å²) in [5.74, 6) is -0.310. The summed E-state index contributed by atoms with van der Waals surface area (Å²) in [6, 6.07) is 12.0. The van der Waals surface area contributed by atoms with Crippen LogP contribution in [0.1, 0.15) is 93.7 Å². The zero-order valence-corrected chi connectivity index (χ0v) is 18.9. The Morgan fingerprint density at radius 2 is 1.50 bits per heavy atom. The highest BCUT2D eigenvalue weighted by Gasteiger charge is 2.32. The van der Waals surface area contributed by atoms with Crippen molar-refractivity contribution in [3.8, 4) is 5.75 Å². The van der Waals surface area contributed by atoms with Crippen LogP contribution in [0.25, 0.3) is 0 Å². The smallest absolute Gasteiger partial charge is 0.403 e. The van der Waals surface area contributed by atoms with Crippen LogP contribution < -0.4 is 4.74 Å². The second-order valence-electron chi connectivity index (χ2n) is 9.15. The molecule has 0 spiro atoms. The molecule has 0 heterocycles. The molecule has 1 aliphatic rings. The highest BCUT2D eigenvalue weighted by atomic mass is 19.4. The summed E-state index contributed by atoms with van der Waals surface area (Å²) in [6.45, 7) is 2.25. The van der Waals surface area contributed by atoms with Crippen molar-refractivity contribution in [2.45, 2.75) is 89.8 Å². The summed E-state index contributed by atoms with van der Waals surface area (Å²) >= 11 is 0. The number of rotatable bonds is 10. The molecule has 0 aliphatic heterocycles. The first-order valence-corrected chi connectivity index (χ1v) is 12.0. The van der Waals surface area contributed by atoms with Crippen LogP contribution in [0, 0.1) is 11.7 Å². The first-order valence-electron chi connectivity index (χ1n) is 12.0. The van der Waals surface area contributed by atoms with E-state index < -0.39 is 17.9 Å². The maximum absolute atomic E-state index is 13.9. The molecule has 1 aliphatic carbocycles. The Bertz CT molecular complexity index is 821. The fraction of sp³-hybridized carbons (Fsp3) is 0.556. The topological polar surface area (TPSA) is 9.23 Å². The Morgan fingerprint density at radius 3 is 2.12 bits per heavy atom. The quantitative estimate of drug-likeness (QED) is 0.259. The van der Waals surface area contributed by atoms with Crippen molar-refractivity contribution in [2.75, 3.05) is 0 Å². The third-order valence-corrected chi connectivity index (χ3v) is 6.64. The summed E-state index contributed by atoms with van der Waals surface area (Å²) < 4.78 is 54.5. The van der Waals surface area contributed by atoms with Gasteiger partial charge >= 0.3 is 6.36 Å². The van der Waals surface area contributed by atoms with Gasteiger partial charge in [0, 0.05) is 0 Å². The number of alkyl halides is 3. The Morgan fingerprint density at radius 1 is 0.844 bits per heavy atom. The Hall–Kier alpha value is -2.04. The van der Waals surface area contributed by atoms with Gasteiger partial charge in [0.2, 0.25) is 0 Å². The van der Waals surface area contributed by atoms with Gasteiger partial charge in [-0.2, -0.15) is 0 Å². The van der Waals surface area contributed by atoms with Gasteiger partial charge in [0.25, 0.3) is 0 Å². The van der Waals surface area contributed by atoms with Crippen LogP contribution in [-0.4, -0.2) is 6.36 Å². The molecule has 1 fully saturated rings. The van der Waals surface area contributed by atoms with E-state index in [0.29, 0.717) is 17.9 Å². The lowest BCUT2D eigenvalue weighted by Crippen LogP contribution is -2.18. The predicted octanol–water partition coefficient (Wildman–Crippen LogP) is 8.95. The van der Waals surface area contributed by atoms with Crippen LogP contribution in [0.4, 0.5) is 17.6 Å². The van der Waals surface area contributed by atoms with Gasteiger partial charge in [-0.05, 0) is 72.8 Å². The van der Waals surface area contributed by atoms with E-state index in [1.54, 1.807) is 0 Å². The molecule has 3 rings (SSSR count). The molecule has 5 heteroatoms. The standard InChI is InChI=1S/C27H34F4O/c1-2-3-4-5-6-7-20-8-13-23(14-9-20)24-15-10-21(11-16-24)18-22-12-17-26(25(28)19-22)32-27(29,30)31/h10-12,15-17,19-20,23H,2-9,13-14,18H2,1H3. The monoisotopic (exact) mass is 450 g/mol. The van der Waals surface area contributed by atoms with E-state index in [1.165, 1.54) is 75.8 Å². The summed E-state index contributed by atoms with van der Waals surface area (Å²) in [6.07, 6.45) is 8.81. The van der Waals surface area contributed by atoms with Crippen LogP contribution in [0.3, 0.4) is 0 Å². The van der Waals surface area contributed by atoms with Crippen LogP contribution in [-0.2, 0) is 6.42 Å². The highest BCUT2D eigenvalue weighted by Crippen LogP contribution is 2.38. The Balaban J connectivity index is 1.47. The molecule has 1 nitrogen and oxygen atoms in total. The van der Waals surface area contributed by atoms with Crippen molar-refractivity contribution in [3.63, 3.8) is 0 Å². The minimum Gasteiger partial charge on any atom is -0.403 e. The minimum atomic E-state index is -4.90. The molecule has 0 amide bonds. The summed E-state index contributed by atoms with van der Waals surface area (Å²) in [7, 11) is 0. The van der Waals surface area contributed by atoms with Gasteiger partial charge in [0.05, 0.1) is 0 Å². The van der Waals surface area contributed by atoms with E-state index in [4.69, 9.17) is 0 Å². The van der Waals surface area contributed by atoms with Gasteiger partial charge in [-0.25, -0.2) is 4.39 Å². The van der Waals surface area contributed by atoms with Crippen LogP contribution >= 0.6 is 0 Å². The van der Waals surface area contributed by atoms with Crippen molar-refractivity contribution in [3.05, 3.63) is 65.0 Å². The maximum atomic E-state index is 13.9. The van der Waals surface area contributed by atoms with Gasteiger partial charge in [-0.15, -0.1) is 13.2 Å². The van der Waals surface area contributed by atoms with E-state index in [-0.39, 0.29) is 0 Å². The molecule has 1 saturated carbocycles. The summed E-state index contributed by atoms with van der Waals surface area (Å²) in [4.78, 5) is 0. The fourth-order valence-corrected chi connectivity index (χ4v) is 4.83. The molecule has 0 N–H and O–H groups in total. The third-order valence-electron chi connectivity index (χ3n) is 6.64. The van der Waals surface area contributed by atoms with Gasteiger partial charge in [0.1, 0.15) is 0 Å². The van der Waals surface area contributed by atoms with E-state index in [9.17, 15) is 17.6 Å². The lowest BCUT2D eigenvalue weighted by Gasteiger charge is -2.29. The minimum absolute atomic E-state index is 0.467. The first-order chi connectivity index (χ1) is 15.3. The zero-order valence-electron chi connectivity index (χ0n) is 18.9. The first kappa shape index (κ1) is 24.6. The lowest BCUT2D eigenvalue weighted by atomic mass is 9.77. The zero-order chi connectivity index (χ0) is 23.0. The van der Waals surface area contributed by atoms with Gasteiger partial charge in [-0.3, -0.25) is 0 Å². The molecular formula is C27H34F4O. The van der Waals surface area contributed by atoms with Crippen molar-refractivity contribution >= 4 is 0 Å². The molecule has 2 aromatic carbocycles. The second kappa shape index (κ2) is 11.7. The van der Waals surface area contributed by atoms with Crippen LogP contribution in [0.15, 0.2) is 42.5 Å². The number of halogens is 4. The number of hydrogen-bond donors (Lipinski definition) is 0. The normalized spacial score (nSPS) is 19.2. The summed E-state index contributed by atoms with van der Waals surface area (Å²) in [5.41, 5.74) is 2.98. The molecule has 0 unspecified atom stereocenters. The molecule has 0 radical (unpaired) electrons. The SMILES string of the molecule is CCCCCCCC1CCC(c2ccc(Cc3ccc(OC(F)(F)F)c(F)c3)cc2)CC1. The van der Waals surface area contributed by atoms with Crippen LogP contribution in [0.5, 0.6) is 5.75 Å². The summed E-state index contributed by atoms with van der Waals surface area (Å²) in [5, 5.41) is 0. The number of ether oxygens (including phenoxy) is 1. The van der Waals surface area contributed by atoms with Gasteiger partial charge in [0.15, 0.2) is 11.6 Å². The van der Waals surface area contributed by atoms with E-state index in [2.05, 4.69) is 23.8 Å². The van der Waals surface area contributed by atoms with Crippen molar-refractivity contribution in [1.29, 1.82) is 0 Å². The second-order valence-corrected chi connectivity index (χ2v) is 9.15. The number of benzene rings is 2. The maximum Gasteiger partial charge on any atom is 0.573 e. The van der Waals surface area contributed by atoms with E-state index in [1.807, 2.05) is 12.1 Å². The Labute approximate surface area is 189 Å². The molecule has 0 atom stereocenters. The van der Waals surface area contributed by atoms with Crippen molar-refractivity contribution in [2.24, 2.45) is 5.92 Å². The molecule has 32 heavy (non-hydrogen) atoms. The molecular weight excluding hydrogens is 416 g/mol. The number of hydrogen-bond acceptors (Lipinski definition) is 1. The fourth-order valence-electron chi connectivity index (χ4n) is 4.83.